The lowest BCUT2D eigenvalue weighted by molar-refractivity contribution is 0.0700. The van der Waals surface area contributed by atoms with Crippen molar-refractivity contribution in [3.63, 3.8) is 0 Å². The van der Waals surface area contributed by atoms with E-state index in [0.29, 0.717) is 11.1 Å². The Morgan fingerprint density at radius 2 is 2.00 bits per heavy atom. The summed E-state index contributed by atoms with van der Waals surface area (Å²) in [5, 5.41) is 9.55. The Balaban J connectivity index is 2.38. The number of carbonyl (C=O) groups is 1. The Hall–Kier alpha value is -2.07. The summed E-state index contributed by atoms with van der Waals surface area (Å²) >= 11 is 3.51. The maximum Gasteiger partial charge on any atom is 0.338 e. The highest BCUT2D eigenvalue weighted by atomic mass is 79.9. The van der Waals surface area contributed by atoms with Gasteiger partial charge in [-0.1, -0.05) is 39.7 Å². The van der Waals surface area contributed by atoms with E-state index in [1.165, 1.54) is 0 Å². The summed E-state index contributed by atoms with van der Waals surface area (Å²) < 4.78 is 2.73. The van der Waals surface area contributed by atoms with Gasteiger partial charge < -0.3 is 9.51 Å². The van der Waals surface area contributed by atoms with Crippen LogP contribution in [0, 0.1) is 6.92 Å². The molecule has 0 aliphatic carbocycles. The van der Waals surface area contributed by atoms with Crippen molar-refractivity contribution in [2.24, 2.45) is 0 Å². The molecule has 0 radical (unpaired) electrons. The predicted molar refractivity (Wildman–Crippen MR) is 82.2 cm³/mol. The summed E-state index contributed by atoms with van der Waals surface area (Å²) in [5.41, 5.74) is 3.74. The molecule has 0 saturated carbocycles. The highest BCUT2D eigenvalue weighted by molar-refractivity contribution is 9.10. The van der Waals surface area contributed by atoms with Crippen LogP contribution in [-0.4, -0.2) is 15.5 Å². The van der Waals surface area contributed by atoms with Crippen molar-refractivity contribution in [1.29, 1.82) is 0 Å². The quantitative estimate of drug-likeness (QED) is 0.758. The molecule has 3 rings (SSSR count). The molecule has 1 N–H and O–H groups in total. The zero-order valence-electron chi connectivity index (χ0n) is 10.8. The van der Waals surface area contributed by atoms with E-state index in [0.717, 1.165) is 21.2 Å². The zero-order chi connectivity index (χ0) is 14.3. The Morgan fingerprint density at radius 1 is 1.20 bits per heavy atom. The lowest BCUT2D eigenvalue weighted by Crippen LogP contribution is -1.98. The molecule has 20 heavy (non-hydrogen) atoms. The van der Waals surface area contributed by atoms with Crippen molar-refractivity contribution < 1.29 is 9.90 Å². The molecule has 0 amide bonds. The van der Waals surface area contributed by atoms with Crippen LogP contribution in [0.2, 0.25) is 0 Å². The molecule has 4 heteroatoms. The van der Waals surface area contributed by atoms with E-state index in [4.69, 9.17) is 0 Å². The first-order valence-corrected chi connectivity index (χ1v) is 6.97. The molecule has 0 atom stereocenters. The van der Waals surface area contributed by atoms with Gasteiger partial charge in [0.25, 0.3) is 0 Å². The minimum atomic E-state index is -0.915. The van der Waals surface area contributed by atoms with Gasteiger partial charge in [0, 0.05) is 22.4 Å². The number of pyridine rings is 1. The Morgan fingerprint density at radius 3 is 2.75 bits per heavy atom. The van der Waals surface area contributed by atoms with Crippen LogP contribution in [0.5, 0.6) is 0 Å². The molecule has 100 valence electrons. The molecule has 0 fully saturated rings. The third-order valence-electron chi connectivity index (χ3n) is 3.31. The largest absolute Gasteiger partial charge is 0.478 e. The summed E-state index contributed by atoms with van der Waals surface area (Å²) in [4.78, 5) is 11.6. The van der Waals surface area contributed by atoms with E-state index >= 15 is 0 Å². The number of rotatable bonds is 2. The van der Waals surface area contributed by atoms with Gasteiger partial charge in [-0.05, 0) is 30.7 Å². The number of halogens is 1. The van der Waals surface area contributed by atoms with Crippen molar-refractivity contribution >= 4 is 27.4 Å². The van der Waals surface area contributed by atoms with E-state index in [1.807, 2.05) is 60.1 Å². The lowest BCUT2D eigenvalue weighted by atomic mass is 10.0. The molecule has 2 heterocycles. The van der Waals surface area contributed by atoms with Crippen LogP contribution >= 0.6 is 15.9 Å². The molecule has 3 aromatic rings. The third-order valence-corrected chi connectivity index (χ3v) is 4.00. The van der Waals surface area contributed by atoms with Crippen molar-refractivity contribution in [2.75, 3.05) is 0 Å². The van der Waals surface area contributed by atoms with E-state index in [2.05, 4.69) is 15.9 Å². The van der Waals surface area contributed by atoms with Crippen LogP contribution in [0.15, 0.2) is 53.3 Å². The smallest absolute Gasteiger partial charge is 0.338 e. The van der Waals surface area contributed by atoms with Crippen molar-refractivity contribution in [3.8, 4) is 11.1 Å². The third kappa shape index (κ3) is 2.02. The normalized spacial score (nSPS) is 10.9. The first-order valence-electron chi connectivity index (χ1n) is 6.17. The summed E-state index contributed by atoms with van der Waals surface area (Å²) in [7, 11) is 0. The van der Waals surface area contributed by atoms with Gasteiger partial charge in [0.1, 0.15) is 0 Å². The number of nitrogens with zero attached hydrogens (tertiary/aromatic N) is 1. The second kappa shape index (κ2) is 4.80. The van der Waals surface area contributed by atoms with Crippen LogP contribution in [0.3, 0.4) is 0 Å². The SMILES string of the molecule is Cc1ccc(Br)c(-c2cn3ccccc3c2C(=O)O)c1. The fourth-order valence-corrected chi connectivity index (χ4v) is 2.86. The second-order valence-corrected chi connectivity index (χ2v) is 5.55. The molecule has 0 unspecified atom stereocenters. The first-order chi connectivity index (χ1) is 9.58. The number of fused-ring (bicyclic) bond motifs is 1. The highest BCUT2D eigenvalue weighted by Crippen LogP contribution is 2.34. The van der Waals surface area contributed by atoms with Gasteiger partial charge in [0.2, 0.25) is 0 Å². The highest BCUT2D eigenvalue weighted by Gasteiger charge is 2.19. The minimum Gasteiger partial charge on any atom is -0.478 e. The number of aromatic nitrogens is 1. The zero-order valence-corrected chi connectivity index (χ0v) is 12.4. The van der Waals surface area contributed by atoms with Crippen LogP contribution in [-0.2, 0) is 0 Å². The number of aryl methyl sites for hydroxylation is 1. The van der Waals surface area contributed by atoms with Gasteiger partial charge in [0.05, 0.1) is 11.1 Å². The Bertz CT molecular complexity index is 820. The number of benzene rings is 1. The van der Waals surface area contributed by atoms with Crippen LogP contribution in [0.25, 0.3) is 16.6 Å². The Labute approximate surface area is 124 Å². The first kappa shape index (κ1) is 12.9. The molecule has 3 nitrogen and oxygen atoms in total. The minimum absolute atomic E-state index is 0.330. The molecule has 1 aromatic carbocycles. The Kier molecular flexibility index (Phi) is 3.10. The predicted octanol–water partition coefficient (Wildman–Crippen LogP) is 4.38. The molecular weight excluding hydrogens is 318 g/mol. The summed E-state index contributed by atoms with van der Waals surface area (Å²) in [5.74, 6) is -0.915. The van der Waals surface area contributed by atoms with Crippen LogP contribution in [0.1, 0.15) is 15.9 Å². The number of hydrogen-bond acceptors (Lipinski definition) is 1. The van der Waals surface area contributed by atoms with Crippen LogP contribution < -0.4 is 0 Å². The van der Waals surface area contributed by atoms with E-state index < -0.39 is 5.97 Å². The molecule has 0 aliphatic rings. The summed E-state index contributed by atoms with van der Waals surface area (Å²) in [6.45, 7) is 1.99. The van der Waals surface area contributed by atoms with Gasteiger partial charge in [-0.25, -0.2) is 4.79 Å². The molecule has 0 aliphatic heterocycles. The fraction of sp³-hybridized carbons (Fsp3) is 0.0625. The van der Waals surface area contributed by atoms with Gasteiger partial charge in [0.15, 0.2) is 0 Å². The lowest BCUT2D eigenvalue weighted by Gasteiger charge is -2.05. The van der Waals surface area contributed by atoms with Crippen molar-refractivity contribution in [2.45, 2.75) is 6.92 Å². The molecule has 0 spiro atoms. The topological polar surface area (TPSA) is 41.7 Å². The fourth-order valence-electron chi connectivity index (χ4n) is 2.40. The maximum absolute atomic E-state index is 11.6. The van der Waals surface area contributed by atoms with Gasteiger partial charge >= 0.3 is 5.97 Å². The van der Waals surface area contributed by atoms with Crippen molar-refractivity contribution in [3.05, 3.63) is 64.4 Å². The molecular formula is C16H12BrNO2. The summed E-state index contributed by atoms with van der Waals surface area (Å²) in [6, 6.07) is 11.5. The maximum atomic E-state index is 11.6. The number of hydrogen-bond donors (Lipinski definition) is 1. The van der Waals surface area contributed by atoms with E-state index in [9.17, 15) is 9.90 Å². The second-order valence-electron chi connectivity index (χ2n) is 4.70. The number of aromatic carboxylic acids is 1. The van der Waals surface area contributed by atoms with E-state index in [-0.39, 0.29) is 0 Å². The molecule has 0 saturated heterocycles. The van der Waals surface area contributed by atoms with Gasteiger partial charge in [-0.15, -0.1) is 0 Å². The molecule has 0 bridgehead atoms. The average Bonchev–Trinajstić information content (AvgIpc) is 2.80. The standard InChI is InChI=1S/C16H12BrNO2/c1-10-5-6-13(17)11(8-10)12-9-18-7-3-2-4-14(18)15(12)16(19)20/h2-9H,1H3,(H,19,20). The summed E-state index contributed by atoms with van der Waals surface area (Å²) in [6.07, 6.45) is 3.72. The van der Waals surface area contributed by atoms with Crippen LogP contribution in [0.4, 0.5) is 0 Å². The number of carboxylic acid groups (broad SMARTS) is 1. The van der Waals surface area contributed by atoms with Gasteiger partial charge in [-0.2, -0.15) is 0 Å². The van der Waals surface area contributed by atoms with Gasteiger partial charge in [-0.3, -0.25) is 0 Å². The van der Waals surface area contributed by atoms with Crippen molar-refractivity contribution in [1.82, 2.24) is 4.40 Å². The monoisotopic (exact) mass is 329 g/mol. The number of carboxylic acids is 1. The average molecular weight is 330 g/mol. The van der Waals surface area contributed by atoms with E-state index in [1.54, 1.807) is 0 Å². The molecule has 2 aromatic heterocycles.